The van der Waals surface area contributed by atoms with E-state index < -0.39 is 6.04 Å². The minimum atomic E-state index is -0.537. The van der Waals surface area contributed by atoms with E-state index in [1.54, 1.807) is 18.2 Å². The Bertz CT molecular complexity index is 542. The van der Waals surface area contributed by atoms with Gasteiger partial charge in [-0.2, -0.15) is 4.98 Å². The van der Waals surface area contributed by atoms with E-state index >= 15 is 0 Å². The number of rotatable bonds is 4. The van der Waals surface area contributed by atoms with Crippen LogP contribution in [0.5, 0.6) is 0 Å². The van der Waals surface area contributed by atoms with Gasteiger partial charge in [0.15, 0.2) is 5.82 Å². The van der Waals surface area contributed by atoms with Crippen LogP contribution in [0.4, 0.5) is 0 Å². The second-order valence-electron chi connectivity index (χ2n) is 3.92. The molecule has 1 aromatic heterocycles. The standard InChI is InChI=1S/C12H13Cl2N3O/c1-2-4-9-16-12(17-18-9)11(15)7-5-3-6-8(13)10(7)14/h3,5-6,11H,2,4,15H2,1H3. The lowest BCUT2D eigenvalue weighted by atomic mass is 10.1. The van der Waals surface area contributed by atoms with Crippen LogP contribution in [-0.4, -0.2) is 10.1 Å². The van der Waals surface area contributed by atoms with Crippen molar-refractivity contribution in [1.29, 1.82) is 0 Å². The van der Waals surface area contributed by atoms with Crippen molar-refractivity contribution in [2.45, 2.75) is 25.8 Å². The van der Waals surface area contributed by atoms with Crippen molar-refractivity contribution in [2.75, 3.05) is 0 Å². The maximum absolute atomic E-state index is 6.11. The van der Waals surface area contributed by atoms with Gasteiger partial charge >= 0.3 is 0 Å². The molecule has 2 N–H and O–H groups in total. The molecule has 6 heteroatoms. The molecule has 18 heavy (non-hydrogen) atoms. The predicted molar refractivity (Wildman–Crippen MR) is 70.8 cm³/mol. The van der Waals surface area contributed by atoms with Crippen molar-refractivity contribution >= 4 is 23.2 Å². The highest BCUT2D eigenvalue weighted by atomic mass is 35.5. The molecule has 4 nitrogen and oxygen atoms in total. The minimum absolute atomic E-state index is 0.419. The van der Waals surface area contributed by atoms with Gasteiger partial charge in [-0.15, -0.1) is 0 Å². The van der Waals surface area contributed by atoms with E-state index in [1.165, 1.54) is 0 Å². The minimum Gasteiger partial charge on any atom is -0.339 e. The van der Waals surface area contributed by atoms with Crippen molar-refractivity contribution in [2.24, 2.45) is 5.73 Å². The van der Waals surface area contributed by atoms with Crippen LogP contribution in [0.1, 0.15) is 36.7 Å². The Balaban J connectivity index is 2.29. The van der Waals surface area contributed by atoms with Crippen molar-refractivity contribution in [3.05, 3.63) is 45.5 Å². The second kappa shape index (κ2) is 5.69. The summed E-state index contributed by atoms with van der Waals surface area (Å²) in [5, 5.41) is 4.75. The van der Waals surface area contributed by atoms with E-state index in [4.69, 9.17) is 33.5 Å². The molecule has 0 fully saturated rings. The number of nitrogens with two attached hydrogens (primary N) is 1. The summed E-state index contributed by atoms with van der Waals surface area (Å²) in [5.74, 6) is 1.00. The number of hydrogen-bond donors (Lipinski definition) is 1. The Labute approximate surface area is 115 Å². The molecule has 0 aliphatic heterocycles. The van der Waals surface area contributed by atoms with Gasteiger partial charge in [0.1, 0.15) is 0 Å². The van der Waals surface area contributed by atoms with Gasteiger partial charge in [-0.3, -0.25) is 0 Å². The summed E-state index contributed by atoms with van der Waals surface area (Å²) in [6.45, 7) is 2.04. The third-order valence-corrected chi connectivity index (χ3v) is 3.38. The smallest absolute Gasteiger partial charge is 0.226 e. The third-order valence-electron chi connectivity index (χ3n) is 2.54. The fourth-order valence-corrected chi connectivity index (χ4v) is 2.03. The maximum atomic E-state index is 6.11. The number of hydrogen-bond acceptors (Lipinski definition) is 4. The van der Waals surface area contributed by atoms with Crippen molar-refractivity contribution in [1.82, 2.24) is 10.1 Å². The second-order valence-corrected chi connectivity index (χ2v) is 4.70. The average molecular weight is 286 g/mol. The first-order valence-corrected chi connectivity index (χ1v) is 6.41. The Hall–Kier alpha value is -1.10. The van der Waals surface area contributed by atoms with E-state index in [1.807, 2.05) is 6.92 Å². The van der Waals surface area contributed by atoms with Gasteiger partial charge in [0.2, 0.25) is 5.89 Å². The van der Waals surface area contributed by atoms with E-state index in [-0.39, 0.29) is 0 Å². The summed E-state index contributed by atoms with van der Waals surface area (Å²) in [5.41, 5.74) is 6.76. The molecule has 0 saturated carbocycles. The third kappa shape index (κ3) is 2.66. The lowest BCUT2D eigenvalue weighted by Gasteiger charge is -2.10. The molecule has 0 bridgehead atoms. The van der Waals surface area contributed by atoms with Crippen LogP contribution in [0.3, 0.4) is 0 Å². The summed E-state index contributed by atoms with van der Waals surface area (Å²) in [6.07, 6.45) is 1.68. The molecule has 0 saturated heterocycles. The highest BCUT2D eigenvalue weighted by molar-refractivity contribution is 6.42. The fraction of sp³-hybridized carbons (Fsp3) is 0.333. The Morgan fingerprint density at radius 1 is 1.39 bits per heavy atom. The number of nitrogens with zero attached hydrogens (tertiary/aromatic N) is 2. The fourth-order valence-electron chi connectivity index (χ4n) is 1.61. The molecule has 2 aromatic rings. The molecule has 1 atom stereocenters. The summed E-state index contributed by atoms with van der Waals surface area (Å²) in [4.78, 5) is 4.24. The van der Waals surface area contributed by atoms with Crippen molar-refractivity contribution < 1.29 is 4.52 Å². The largest absolute Gasteiger partial charge is 0.339 e. The van der Waals surface area contributed by atoms with Gasteiger partial charge in [-0.1, -0.05) is 47.4 Å². The van der Waals surface area contributed by atoms with Gasteiger partial charge in [0.25, 0.3) is 0 Å². The summed E-state index contributed by atoms with van der Waals surface area (Å²) in [7, 11) is 0. The van der Waals surface area contributed by atoms with E-state index in [9.17, 15) is 0 Å². The predicted octanol–water partition coefficient (Wildman–Crippen LogP) is 3.38. The molecular formula is C12H13Cl2N3O. The monoisotopic (exact) mass is 285 g/mol. The Morgan fingerprint density at radius 2 is 2.17 bits per heavy atom. The summed E-state index contributed by atoms with van der Waals surface area (Å²) < 4.78 is 5.10. The molecule has 1 heterocycles. The van der Waals surface area contributed by atoms with E-state index in [0.29, 0.717) is 27.3 Å². The normalized spacial score (nSPS) is 12.7. The molecule has 0 aliphatic carbocycles. The van der Waals surface area contributed by atoms with Crippen molar-refractivity contribution in [3.8, 4) is 0 Å². The van der Waals surface area contributed by atoms with Crippen LogP contribution in [-0.2, 0) is 6.42 Å². The zero-order chi connectivity index (χ0) is 13.1. The molecule has 0 spiro atoms. The molecule has 0 amide bonds. The van der Waals surface area contributed by atoms with Crippen LogP contribution in [0.15, 0.2) is 22.7 Å². The van der Waals surface area contributed by atoms with Crippen LogP contribution >= 0.6 is 23.2 Å². The first-order valence-electron chi connectivity index (χ1n) is 5.65. The molecule has 0 radical (unpaired) electrons. The average Bonchev–Trinajstić information content (AvgIpc) is 2.81. The number of benzene rings is 1. The number of aromatic nitrogens is 2. The van der Waals surface area contributed by atoms with Crippen LogP contribution in [0.2, 0.25) is 10.0 Å². The van der Waals surface area contributed by atoms with Gasteiger partial charge in [0.05, 0.1) is 16.1 Å². The maximum Gasteiger partial charge on any atom is 0.226 e. The highest BCUT2D eigenvalue weighted by Crippen LogP contribution is 2.30. The first kappa shape index (κ1) is 13.3. The Kier molecular flexibility index (Phi) is 4.22. The lowest BCUT2D eigenvalue weighted by molar-refractivity contribution is 0.370. The summed E-state index contributed by atoms with van der Waals surface area (Å²) in [6, 6.07) is 4.76. The summed E-state index contributed by atoms with van der Waals surface area (Å²) >= 11 is 12.1. The van der Waals surface area contributed by atoms with Crippen LogP contribution < -0.4 is 5.73 Å². The highest BCUT2D eigenvalue weighted by Gasteiger charge is 2.19. The van der Waals surface area contributed by atoms with Crippen molar-refractivity contribution in [3.63, 3.8) is 0 Å². The van der Waals surface area contributed by atoms with E-state index in [2.05, 4.69) is 10.1 Å². The zero-order valence-corrected chi connectivity index (χ0v) is 11.4. The van der Waals surface area contributed by atoms with E-state index in [0.717, 1.165) is 12.8 Å². The number of halogens is 2. The number of aryl methyl sites for hydroxylation is 1. The first-order chi connectivity index (χ1) is 8.63. The van der Waals surface area contributed by atoms with Gasteiger partial charge in [0, 0.05) is 6.42 Å². The van der Waals surface area contributed by atoms with Gasteiger partial charge in [-0.25, -0.2) is 0 Å². The lowest BCUT2D eigenvalue weighted by Crippen LogP contribution is -2.14. The molecular weight excluding hydrogens is 273 g/mol. The molecule has 2 rings (SSSR count). The van der Waals surface area contributed by atoms with Crippen LogP contribution in [0.25, 0.3) is 0 Å². The molecule has 0 aliphatic rings. The zero-order valence-electron chi connectivity index (χ0n) is 9.86. The molecule has 1 unspecified atom stereocenters. The molecule has 96 valence electrons. The SMILES string of the molecule is CCCc1nc(C(N)c2cccc(Cl)c2Cl)no1. The van der Waals surface area contributed by atoms with Gasteiger partial charge < -0.3 is 10.3 Å². The quantitative estimate of drug-likeness (QED) is 0.935. The van der Waals surface area contributed by atoms with Gasteiger partial charge in [-0.05, 0) is 18.1 Å². The Morgan fingerprint density at radius 3 is 2.89 bits per heavy atom. The van der Waals surface area contributed by atoms with Crippen LogP contribution in [0, 0.1) is 0 Å². The topological polar surface area (TPSA) is 64.9 Å². The molecule has 1 aromatic carbocycles.